The molecular weight excluding hydrogens is 232 g/mol. The fourth-order valence-corrected chi connectivity index (χ4v) is 4.29. The Bertz CT molecular complexity index is 255. The molecule has 1 aliphatic rings. The maximum Gasteiger partial charge on any atom is 0.0237 e. The van der Waals surface area contributed by atoms with Crippen molar-refractivity contribution in [1.82, 2.24) is 10.2 Å². The maximum absolute atomic E-state index is 3.85. The molecule has 1 fully saturated rings. The third kappa shape index (κ3) is 5.43. The van der Waals surface area contributed by atoms with E-state index in [4.69, 9.17) is 0 Å². The Kier molecular flexibility index (Phi) is 5.48. The van der Waals surface area contributed by atoms with Gasteiger partial charge in [0.05, 0.1) is 0 Å². The van der Waals surface area contributed by atoms with Crippen molar-refractivity contribution in [3.63, 3.8) is 0 Å². The van der Waals surface area contributed by atoms with Crippen LogP contribution in [-0.4, -0.2) is 37.6 Å². The zero-order valence-corrected chi connectivity index (χ0v) is 14.5. The monoisotopic (exact) mass is 268 g/mol. The van der Waals surface area contributed by atoms with Gasteiger partial charge in [-0.05, 0) is 50.1 Å². The van der Waals surface area contributed by atoms with Gasteiger partial charge in [-0.25, -0.2) is 0 Å². The molecule has 0 amide bonds. The molecule has 0 heterocycles. The summed E-state index contributed by atoms with van der Waals surface area (Å²) in [5, 5.41) is 3.85. The molecule has 19 heavy (non-hydrogen) atoms. The first-order chi connectivity index (χ1) is 8.52. The van der Waals surface area contributed by atoms with E-state index in [-0.39, 0.29) is 0 Å². The molecule has 1 saturated carbocycles. The van der Waals surface area contributed by atoms with E-state index < -0.39 is 0 Å². The summed E-state index contributed by atoms with van der Waals surface area (Å²) in [4.78, 5) is 2.36. The molecule has 1 aliphatic carbocycles. The average Bonchev–Trinajstić information content (AvgIpc) is 2.10. The molecule has 0 aromatic heterocycles. The first-order valence-electron chi connectivity index (χ1n) is 7.92. The summed E-state index contributed by atoms with van der Waals surface area (Å²) < 4.78 is 0. The number of nitrogens with one attached hydrogen (secondary N) is 1. The van der Waals surface area contributed by atoms with Gasteiger partial charge >= 0.3 is 0 Å². The van der Waals surface area contributed by atoms with Crippen LogP contribution in [0.1, 0.15) is 60.8 Å². The summed E-state index contributed by atoms with van der Waals surface area (Å²) in [6.07, 6.45) is 3.98. The van der Waals surface area contributed by atoms with Gasteiger partial charge < -0.3 is 10.2 Å². The van der Waals surface area contributed by atoms with Gasteiger partial charge in [0.2, 0.25) is 0 Å². The minimum absolute atomic E-state index is 0.477. The number of nitrogens with zero attached hydrogens (tertiary/aromatic N) is 1. The fourth-order valence-electron chi connectivity index (χ4n) is 4.29. The maximum atomic E-state index is 3.85. The van der Waals surface area contributed by atoms with Gasteiger partial charge in [0.15, 0.2) is 0 Å². The second-order valence-corrected chi connectivity index (χ2v) is 8.79. The fraction of sp³-hybridized carbons (Fsp3) is 1.00. The zero-order valence-electron chi connectivity index (χ0n) is 14.5. The van der Waals surface area contributed by atoms with Gasteiger partial charge in [0.25, 0.3) is 0 Å². The summed E-state index contributed by atoms with van der Waals surface area (Å²) in [5.41, 5.74) is 0.954. The van der Waals surface area contributed by atoms with Crippen LogP contribution in [0.5, 0.6) is 0 Å². The van der Waals surface area contributed by atoms with E-state index in [0.29, 0.717) is 28.8 Å². The summed E-state index contributed by atoms with van der Waals surface area (Å²) in [6, 6.07) is 1.31. The van der Waals surface area contributed by atoms with E-state index in [0.717, 1.165) is 6.54 Å². The van der Waals surface area contributed by atoms with Crippen LogP contribution >= 0.6 is 0 Å². The highest BCUT2D eigenvalue weighted by atomic mass is 15.1. The van der Waals surface area contributed by atoms with Crippen molar-refractivity contribution in [3.05, 3.63) is 0 Å². The van der Waals surface area contributed by atoms with Crippen molar-refractivity contribution in [1.29, 1.82) is 0 Å². The smallest absolute Gasteiger partial charge is 0.0237 e. The van der Waals surface area contributed by atoms with Crippen molar-refractivity contribution < 1.29 is 0 Å². The molecule has 0 spiro atoms. The first kappa shape index (κ1) is 17.0. The van der Waals surface area contributed by atoms with Gasteiger partial charge in [0.1, 0.15) is 0 Å². The molecule has 2 heteroatoms. The highest BCUT2D eigenvalue weighted by Gasteiger charge is 2.38. The average molecular weight is 268 g/mol. The molecule has 2 nitrogen and oxygen atoms in total. The summed E-state index contributed by atoms with van der Waals surface area (Å²) >= 11 is 0. The topological polar surface area (TPSA) is 15.3 Å². The number of rotatable bonds is 5. The molecule has 1 unspecified atom stereocenters. The van der Waals surface area contributed by atoms with Gasteiger partial charge in [-0.15, -0.1) is 0 Å². The quantitative estimate of drug-likeness (QED) is 0.816. The van der Waals surface area contributed by atoms with Crippen LogP contribution in [0.3, 0.4) is 0 Å². The molecule has 114 valence electrons. The van der Waals surface area contributed by atoms with Crippen molar-refractivity contribution in [2.45, 2.75) is 72.9 Å². The lowest BCUT2D eigenvalue weighted by Gasteiger charge is -2.46. The second kappa shape index (κ2) is 6.13. The third-order valence-corrected chi connectivity index (χ3v) is 4.60. The Labute approximate surface area is 121 Å². The first-order valence-corrected chi connectivity index (χ1v) is 7.92. The zero-order chi connectivity index (χ0) is 14.8. The third-order valence-electron chi connectivity index (χ3n) is 4.60. The predicted molar refractivity (Wildman–Crippen MR) is 85.5 cm³/mol. The summed E-state index contributed by atoms with van der Waals surface area (Å²) in [5.74, 6) is 0.701. The number of likely N-dealkylation sites (N-methyl/N-ethyl adjacent to an activating group) is 1. The van der Waals surface area contributed by atoms with Crippen LogP contribution in [0.2, 0.25) is 0 Å². The Morgan fingerprint density at radius 1 is 1.05 bits per heavy atom. The molecule has 0 aromatic rings. The van der Waals surface area contributed by atoms with Gasteiger partial charge in [-0.1, -0.05) is 41.5 Å². The minimum Gasteiger partial charge on any atom is -0.312 e. The van der Waals surface area contributed by atoms with E-state index in [1.807, 2.05) is 0 Å². The van der Waals surface area contributed by atoms with Crippen LogP contribution in [0.25, 0.3) is 0 Å². The Balaban J connectivity index is 2.57. The predicted octanol–water partition coefficient (Wildman–Crippen LogP) is 3.77. The van der Waals surface area contributed by atoms with Gasteiger partial charge in [-0.2, -0.15) is 0 Å². The second-order valence-electron chi connectivity index (χ2n) is 8.79. The Morgan fingerprint density at radius 2 is 1.53 bits per heavy atom. The molecule has 1 N–H and O–H groups in total. The molecule has 0 aromatic carbocycles. The lowest BCUT2D eigenvalue weighted by Crippen LogP contribution is -2.49. The van der Waals surface area contributed by atoms with E-state index in [9.17, 15) is 0 Å². The van der Waals surface area contributed by atoms with Crippen LogP contribution in [0.15, 0.2) is 0 Å². The number of hydrogen-bond donors (Lipinski definition) is 1. The van der Waals surface area contributed by atoms with E-state index in [2.05, 4.69) is 65.9 Å². The lowest BCUT2D eigenvalue weighted by molar-refractivity contribution is 0.0801. The molecule has 1 rings (SSSR count). The molecular formula is C17H36N2. The van der Waals surface area contributed by atoms with E-state index in [1.165, 1.54) is 19.3 Å². The highest BCUT2D eigenvalue weighted by Crippen LogP contribution is 2.45. The minimum atomic E-state index is 0.477. The van der Waals surface area contributed by atoms with E-state index >= 15 is 0 Å². The lowest BCUT2D eigenvalue weighted by atomic mass is 9.63. The van der Waals surface area contributed by atoms with Crippen LogP contribution in [0.4, 0.5) is 0 Å². The molecule has 0 saturated heterocycles. The molecule has 1 atom stereocenters. The van der Waals surface area contributed by atoms with Crippen molar-refractivity contribution >= 4 is 0 Å². The largest absolute Gasteiger partial charge is 0.312 e. The van der Waals surface area contributed by atoms with Crippen LogP contribution in [0, 0.1) is 16.7 Å². The van der Waals surface area contributed by atoms with Gasteiger partial charge in [-0.3, -0.25) is 0 Å². The molecule has 0 aliphatic heterocycles. The number of hydrogen-bond acceptors (Lipinski definition) is 2. The Morgan fingerprint density at radius 3 is 1.89 bits per heavy atom. The molecule has 0 bridgehead atoms. The highest BCUT2D eigenvalue weighted by molar-refractivity contribution is 4.92. The van der Waals surface area contributed by atoms with Crippen molar-refractivity contribution in [3.8, 4) is 0 Å². The molecule has 0 radical (unpaired) electrons. The van der Waals surface area contributed by atoms with Gasteiger partial charge in [0, 0.05) is 18.6 Å². The standard InChI is InChI=1S/C17H36N2/c1-13(2)15(19(7)8)11-18-14-9-16(3,4)12-17(5,6)10-14/h13-15,18H,9-12H2,1-8H3. The Hall–Kier alpha value is -0.0800. The van der Waals surface area contributed by atoms with Crippen molar-refractivity contribution in [2.75, 3.05) is 20.6 Å². The SMILES string of the molecule is CC(C)C(CNC1CC(C)(C)CC(C)(C)C1)N(C)C. The summed E-state index contributed by atoms with van der Waals surface area (Å²) in [7, 11) is 4.39. The summed E-state index contributed by atoms with van der Waals surface area (Å²) in [6.45, 7) is 15.5. The van der Waals surface area contributed by atoms with Crippen LogP contribution < -0.4 is 5.32 Å². The normalized spacial score (nSPS) is 24.9. The van der Waals surface area contributed by atoms with E-state index in [1.54, 1.807) is 0 Å². The van der Waals surface area contributed by atoms with Crippen LogP contribution in [-0.2, 0) is 0 Å². The van der Waals surface area contributed by atoms with Crippen molar-refractivity contribution in [2.24, 2.45) is 16.7 Å².